The number of hydrogen-bond acceptors (Lipinski definition) is 2. The highest BCUT2D eigenvalue weighted by Crippen LogP contribution is 2.53. The Kier molecular flexibility index (Phi) is 5.20. The SMILES string of the molecule is CC1(C)c2ccccc2-c2nc3ccccc3c(-c3cccc(-c4ccc(-c5cnc6ccccc6c5)cc4)c3)c21. The Morgan fingerprint density at radius 3 is 2.07 bits per heavy atom. The zero-order valence-electron chi connectivity index (χ0n) is 23.1. The summed E-state index contributed by atoms with van der Waals surface area (Å²) >= 11 is 0. The van der Waals surface area contributed by atoms with Crippen LogP contribution in [0.5, 0.6) is 0 Å². The number of hydrogen-bond donors (Lipinski definition) is 0. The molecule has 0 radical (unpaired) electrons. The van der Waals surface area contributed by atoms with Gasteiger partial charge in [0.15, 0.2) is 0 Å². The number of aromatic nitrogens is 2. The number of rotatable bonds is 3. The number of pyridine rings is 2. The molecule has 0 aliphatic heterocycles. The normalized spacial score (nSPS) is 13.3. The first-order chi connectivity index (χ1) is 20.1. The maximum atomic E-state index is 5.21. The molecule has 0 spiro atoms. The number of nitrogens with zero attached hydrogens (tertiary/aromatic N) is 2. The molecule has 1 aliphatic carbocycles. The lowest BCUT2D eigenvalue weighted by atomic mass is 9.78. The monoisotopic (exact) mass is 524 g/mol. The molecule has 2 aromatic heterocycles. The van der Waals surface area contributed by atoms with E-state index in [4.69, 9.17) is 4.98 Å². The largest absolute Gasteiger partial charge is 0.256 e. The van der Waals surface area contributed by atoms with Gasteiger partial charge < -0.3 is 0 Å². The van der Waals surface area contributed by atoms with Crippen LogP contribution in [0.25, 0.3) is 66.4 Å². The van der Waals surface area contributed by atoms with Gasteiger partial charge in [-0.1, -0.05) is 117 Å². The van der Waals surface area contributed by atoms with Gasteiger partial charge in [-0.25, -0.2) is 4.98 Å². The van der Waals surface area contributed by atoms with Crippen LogP contribution in [0.2, 0.25) is 0 Å². The second-order valence-electron chi connectivity index (χ2n) is 11.5. The standard InChI is InChI=1S/C39H28N2/c1-39(2)33-15-6-4-13-31(33)38-37(39)36(32-14-5-8-17-35(32)41-38)29-12-9-11-27(22-29)25-18-20-26(21-19-25)30-23-28-10-3-7-16-34(28)40-24-30/h3-24H,1-2H3. The lowest BCUT2D eigenvalue weighted by Gasteiger charge is -2.25. The average molecular weight is 525 g/mol. The fraction of sp³-hybridized carbons (Fsp3) is 0.0769. The maximum absolute atomic E-state index is 5.21. The zero-order valence-corrected chi connectivity index (χ0v) is 23.1. The van der Waals surface area contributed by atoms with E-state index < -0.39 is 0 Å². The molecule has 2 nitrogen and oxygen atoms in total. The molecule has 194 valence electrons. The second-order valence-corrected chi connectivity index (χ2v) is 11.5. The van der Waals surface area contributed by atoms with Gasteiger partial charge in [0.05, 0.1) is 16.7 Å². The topological polar surface area (TPSA) is 25.8 Å². The molecular formula is C39H28N2. The van der Waals surface area contributed by atoms with Crippen LogP contribution in [-0.2, 0) is 5.41 Å². The summed E-state index contributed by atoms with van der Waals surface area (Å²) in [5.74, 6) is 0. The molecule has 0 amide bonds. The molecule has 41 heavy (non-hydrogen) atoms. The van der Waals surface area contributed by atoms with Crippen LogP contribution < -0.4 is 0 Å². The lowest BCUT2D eigenvalue weighted by Crippen LogP contribution is -2.16. The van der Waals surface area contributed by atoms with E-state index in [1.54, 1.807) is 0 Å². The molecule has 0 unspecified atom stereocenters. The number of benzene rings is 5. The van der Waals surface area contributed by atoms with Crippen molar-refractivity contribution in [2.75, 3.05) is 0 Å². The Morgan fingerprint density at radius 2 is 1.22 bits per heavy atom. The van der Waals surface area contributed by atoms with Crippen molar-refractivity contribution in [3.63, 3.8) is 0 Å². The smallest absolute Gasteiger partial charge is 0.0759 e. The van der Waals surface area contributed by atoms with Crippen LogP contribution in [0.4, 0.5) is 0 Å². The van der Waals surface area contributed by atoms with Gasteiger partial charge in [0.2, 0.25) is 0 Å². The van der Waals surface area contributed by atoms with Crippen molar-refractivity contribution >= 4 is 21.8 Å². The Morgan fingerprint density at radius 1 is 0.537 bits per heavy atom. The highest BCUT2D eigenvalue weighted by Gasteiger charge is 2.39. The first-order valence-corrected chi connectivity index (χ1v) is 14.2. The number of para-hydroxylation sites is 2. The van der Waals surface area contributed by atoms with Gasteiger partial charge in [-0.15, -0.1) is 0 Å². The van der Waals surface area contributed by atoms with Gasteiger partial charge in [-0.3, -0.25) is 4.98 Å². The molecule has 5 aromatic carbocycles. The molecule has 2 heteroatoms. The van der Waals surface area contributed by atoms with E-state index in [0.29, 0.717) is 0 Å². The Hall–Kier alpha value is -5.08. The van der Waals surface area contributed by atoms with E-state index in [2.05, 4.69) is 140 Å². The maximum Gasteiger partial charge on any atom is 0.0759 e. The van der Waals surface area contributed by atoms with Crippen LogP contribution in [0.15, 0.2) is 134 Å². The molecule has 0 saturated carbocycles. The van der Waals surface area contributed by atoms with Gasteiger partial charge in [-0.05, 0) is 63.2 Å². The van der Waals surface area contributed by atoms with Gasteiger partial charge in [0, 0.05) is 33.5 Å². The van der Waals surface area contributed by atoms with Crippen molar-refractivity contribution in [3.05, 3.63) is 145 Å². The molecule has 2 heterocycles. The minimum atomic E-state index is -0.149. The van der Waals surface area contributed by atoms with E-state index in [1.165, 1.54) is 49.9 Å². The molecule has 1 aliphatic rings. The summed E-state index contributed by atoms with van der Waals surface area (Å²) in [6.45, 7) is 4.67. The van der Waals surface area contributed by atoms with Crippen LogP contribution in [0.3, 0.4) is 0 Å². The lowest BCUT2D eigenvalue weighted by molar-refractivity contribution is 0.662. The van der Waals surface area contributed by atoms with Gasteiger partial charge >= 0.3 is 0 Å². The zero-order chi connectivity index (χ0) is 27.6. The summed E-state index contributed by atoms with van der Waals surface area (Å²) < 4.78 is 0. The van der Waals surface area contributed by atoms with Crippen molar-refractivity contribution in [2.24, 2.45) is 0 Å². The molecule has 0 saturated heterocycles. The van der Waals surface area contributed by atoms with E-state index in [0.717, 1.165) is 27.7 Å². The van der Waals surface area contributed by atoms with E-state index in [9.17, 15) is 0 Å². The summed E-state index contributed by atoms with van der Waals surface area (Å²) in [6, 6.07) is 45.6. The Balaban J connectivity index is 1.25. The summed E-state index contributed by atoms with van der Waals surface area (Å²) in [5, 5.41) is 2.35. The van der Waals surface area contributed by atoms with Crippen LogP contribution in [0, 0.1) is 0 Å². The summed E-state index contributed by atoms with van der Waals surface area (Å²) in [5.41, 5.74) is 14.1. The predicted octanol–water partition coefficient (Wildman–Crippen LogP) is 10.1. The third kappa shape index (κ3) is 3.72. The van der Waals surface area contributed by atoms with E-state index in [-0.39, 0.29) is 5.41 Å². The van der Waals surface area contributed by atoms with Gasteiger partial charge in [0.1, 0.15) is 0 Å². The summed E-state index contributed by atoms with van der Waals surface area (Å²) in [4.78, 5) is 9.87. The quantitative estimate of drug-likeness (QED) is 0.230. The van der Waals surface area contributed by atoms with E-state index in [1.807, 2.05) is 12.3 Å². The molecular weight excluding hydrogens is 496 g/mol. The Bertz CT molecular complexity index is 2120. The number of fused-ring (bicyclic) bond motifs is 5. The predicted molar refractivity (Wildman–Crippen MR) is 171 cm³/mol. The molecule has 0 fully saturated rings. The average Bonchev–Trinajstić information content (AvgIpc) is 3.26. The fourth-order valence-corrected chi connectivity index (χ4v) is 6.62. The molecule has 0 atom stereocenters. The van der Waals surface area contributed by atoms with Crippen molar-refractivity contribution in [3.8, 4) is 44.6 Å². The van der Waals surface area contributed by atoms with Crippen LogP contribution >= 0.6 is 0 Å². The molecule has 8 rings (SSSR count). The molecule has 0 N–H and O–H groups in total. The molecule has 7 aromatic rings. The van der Waals surface area contributed by atoms with Gasteiger partial charge in [0.25, 0.3) is 0 Å². The minimum absolute atomic E-state index is 0.149. The van der Waals surface area contributed by atoms with Crippen molar-refractivity contribution in [1.82, 2.24) is 9.97 Å². The third-order valence-corrected chi connectivity index (χ3v) is 8.67. The van der Waals surface area contributed by atoms with E-state index >= 15 is 0 Å². The van der Waals surface area contributed by atoms with Gasteiger partial charge in [-0.2, -0.15) is 0 Å². The van der Waals surface area contributed by atoms with Crippen molar-refractivity contribution in [2.45, 2.75) is 19.3 Å². The highest BCUT2D eigenvalue weighted by molar-refractivity contribution is 6.02. The fourth-order valence-electron chi connectivity index (χ4n) is 6.62. The Labute approximate surface area is 240 Å². The van der Waals surface area contributed by atoms with Crippen molar-refractivity contribution < 1.29 is 0 Å². The summed E-state index contributed by atoms with van der Waals surface area (Å²) in [7, 11) is 0. The third-order valence-electron chi connectivity index (χ3n) is 8.67. The first-order valence-electron chi connectivity index (χ1n) is 14.2. The summed E-state index contributed by atoms with van der Waals surface area (Å²) in [6.07, 6.45) is 1.97. The van der Waals surface area contributed by atoms with Crippen LogP contribution in [0.1, 0.15) is 25.0 Å². The second kappa shape index (κ2) is 8.97. The highest BCUT2D eigenvalue weighted by atomic mass is 14.7. The molecule has 0 bridgehead atoms. The first kappa shape index (κ1) is 23.8. The van der Waals surface area contributed by atoms with Crippen LogP contribution in [-0.4, -0.2) is 9.97 Å². The van der Waals surface area contributed by atoms with Crippen molar-refractivity contribution in [1.29, 1.82) is 0 Å². The minimum Gasteiger partial charge on any atom is -0.256 e.